The number of aromatic amines is 1. The minimum absolute atomic E-state index is 0.0974. The number of hydrogen-bond acceptors (Lipinski definition) is 4. The molecule has 2 aliphatic rings. The highest BCUT2D eigenvalue weighted by Crippen LogP contribution is 2.38. The fraction of sp³-hybridized carbons (Fsp3) is 0.500. The van der Waals surface area contributed by atoms with Gasteiger partial charge in [-0.25, -0.2) is 21.6 Å². The van der Waals surface area contributed by atoms with Crippen LogP contribution in [-0.4, -0.2) is 50.9 Å². The zero-order valence-electron chi connectivity index (χ0n) is 15.5. The molecule has 0 fully saturated rings. The van der Waals surface area contributed by atoms with Gasteiger partial charge in [0, 0.05) is 18.0 Å². The van der Waals surface area contributed by atoms with Gasteiger partial charge in [-0.2, -0.15) is 13.2 Å². The summed E-state index contributed by atoms with van der Waals surface area (Å²) in [6.45, 7) is -2.12. The van der Waals surface area contributed by atoms with Crippen molar-refractivity contribution in [2.45, 2.75) is 30.3 Å². The predicted octanol–water partition coefficient (Wildman–Crippen LogP) is 3.93. The van der Waals surface area contributed by atoms with Crippen LogP contribution in [0.15, 0.2) is 39.6 Å². The molecule has 1 unspecified atom stereocenters. The van der Waals surface area contributed by atoms with E-state index in [1.165, 1.54) is 0 Å². The zero-order valence-corrected chi connectivity index (χ0v) is 16.3. The molecular weight excluding hydrogens is 438 g/mol. The van der Waals surface area contributed by atoms with E-state index in [4.69, 9.17) is 4.74 Å². The lowest BCUT2D eigenvalue weighted by molar-refractivity contribution is -0.177. The summed E-state index contributed by atoms with van der Waals surface area (Å²) in [5, 5.41) is 0. The first-order valence-electron chi connectivity index (χ1n) is 9.00. The summed E-state index contributed by atoms with van der Waals surface area (Å²) in [5.41, 5.74) is -0.135. The predicted molar refractivity (Wildman–Crippen MR) is 96.0 cm³/mol. The number of rotatable bonds is 6. The third kappa shape index (κ3) is 4.73. The first-order chi connectivity index (χ1) is 14.0. The van der Waals surface area contributed by atoms with Crippen LogP contribution in [0.3, 0.4) is 0 Å². The Balaban J connectivity index is 1.81. The third-order valence-corrected chi connectivity index (χ3v) is 6.59. The monoisotopic (exact) mass is 456 g/mol. The number of sulfone groups is 1. The molecule has 1 aromatic heterocycles. The molecule has 0 aromatic carbocycles. The van der Waals surface area contributed by atoms with E-state index in [2.05, 4.69) is 9.98 Å². The van der Waals surface area contributed by atoms with Crippen LogP contribution in [0, 0.1) is 5.92 Å². The van der Waals surface area contributed by atoms with Crippen molar-refractivity contribution in [1.82, 2.24) is 4.98 Å². The largest absolute Gasteiger partial charge is 0.488 e. The van der Waals surface area contributed by atoms with Crippen LogP contribution in [0.1, 0.15) is 17.7 Å². The van der Waals surface area contributed by atoms with Crippen LogP contribution in [-0.2, 0) is 27.4 Å². The smallest absolute Gasteiger partial charge is 0.392 e. The van der Waals surface area contributed by atoms with E-state index in [-0.39, 0.29) is 35.4 Å². The Labute approximate surface area is 168 Å². The molecule has 2 heterocycles. The van der Waals surface area contributed by atoms with Gasteiger partial charge in [0.05, 0.1) is 28.8 Å². The van der Waals surface area contributed by atoms with Crippen molar-refractivity contribution in [2.75, 3.05) is 25.6 Å². The van der Waals surface area contributed by atoms with Gasteiger partial charge in [-0.1, -0.05) is 0 Å². The van der Waals surface area contributed by atoms with Crippen LogP contribution >= 0.6 is 0 Å². The Kier molecular flexibility index (Phi) is 6.34. The van der Waals surface area contributed by atoms with Crippen molar-refractivity contribution in [3.63, 3.8) is 0 Å². The first-order valence-corrected chi connectivity index (χ1v) is 10.6. The number of nitrogens with zero attached hydrogens (tertiary/aromatic N) is 1. The molecule has 166 valence electrons. The molecule has 0 amide bonds. The van der Waals surface area contributed by atoms with E-state index in [1.807, 2.05) is 0 Å². The normalized spacial score (nSPS) is 20.4. The Hall–Kier alpha value is -2.24. The summed E-state index contributed by atoms with van der Waals surface area (Å²) < 4.78 is 110. The minimum Gasteiger partial charge on any atom is -0.488 e. The van der Waals surface area contributed by atoms with E-state index in [0.717, 1.165) is 6.20 Å². The fourth-order valence-corrected chi connectivity index (χ4v) is 4.98. The van der Waals surface area contributed by atoms with Gasteiger partial charge in [0.25, 0.3) is 0 Å². The van der Waals surface area contributed by atoms with Crippen molar-refractivity contribution in [2.24, 2.45) is 10.9 Å². The zero-order chi connectivity index (χ0) is 22.1. The van der Waals surface area contributed by atoms with E-state index in [0.29, 0.717) is 6.08 Å². The van der Waals surface area contributed by atoms with Gasteiger partial charge in [0.2, 0.25) is 0 Å². The molecule has 1 aliphatic heterocycles. The molecule has 12 heteroatoms. The van der Waals surface area contributed by atoms with Gasteiger partial charge in [-0.05, 0) is 24.8 Å². The summed E-state index contributed by atoms with van der Waals surface area (Å²) in [7, 11) is -4.18. The van der Waals surface area contributed by atoms with E-state index < -0.39 is 70.6 Å². The highest BCUT2D eigenvalue weighted by molar-refractivity contribution is 7.92. The molecule has 0 radical (unpaired) electrons. The van der Waals surface area contributed by atoms with Crippen LogP contribution in [0.5, 0.6) is 0 Å². The SMILES string of the molecule is O=S(=O)(CC1=NCC(F)=C(OCCF)C=C1F)c1c[nH]c2c1CCC(C(F)(F)F)C2. The quantitative estimate of drug-likeness (QED) is 0.660. The van der Waals surface area contributed by atoms with Gasteiger partial charge in [0.1, 0.15) is 19.1 Å². The summed E-state index contributed by atoms with van der Waals surface area (Å²) >= 11 is 0. The number of ether oxygens (including phenoxy) is 1. The molecule has 30 heavy (non-hydrogen) atoms. The molecule has 3 rings (SSSR count). The summed E-state index contributed by atoms with van der Waals surface area (Å²) in [4.78, 5) is 5.98. The number of fused-ring (bicyclic) bond motifs is 1. The van der Waals surface area contributed by atoms with E-state index in [1.54, 1.807) is 0 Å². The second-order valence-electron chi connectivity index (χ2n) is 6.91. The molecule has 5 nitrogen and oxygen atoms in total. The van der Waals surface area contributed by atoms with Crippen molar-refractivity contribution >= 4 is 15.5 Å². The molecule has 0 bridgehead atoms. The summed E-state index contributed by atoms with van der Waals surface area (Å²) in [5.74, 6) is -5.18. The second-order valence-corrected chi connectivity index (χ2v) is 8.87. The molecular formula is C18H18F6N2O3S. The van der Waals surface area contributed by atoms with E-state index >= 15 is 0 Å². The van der Waals surface area contributed by atoms with E-state index in [9.17, 15) is 34.8 Å². The fourth-order valence-electron chi connectivity index (χ4n) is 3.39. The van der Waals surface area contributed by atoms with Gasteiger partial charge >= 0.3 is 6.18 Å². The number of nitrogens with one attached hydrogen (secondary N) is 1. The lowest BCUT2D eigenvalue weighted by atomic mass is 9.87. The van der Waals surface area contributed by atoms with Gasteiger partial charge < -0.3 is 9.72 Å². The topological polar surface area (TPSA) is 71.5 Å². The Morgan fingerprint density at radius 1 is 1.27 bits per heavy atom. The standard InChI is InChI=1S/C18H18F6N2O3S/c19-3-4-29-16-6-12(20)15(25-7-13(16)21)9-30(27,28)17-8-26-14-5-10(18(22,23)24)1-2-11(14)17/h6,8,10,26H,1-5,7,9H2. The van der Waals surface area contributed by atoms with Crippen LogP contribution < -0.4 is 0 Å². The minimum atomic E-state index is -4.39. The number of alkyl halides is 4. The average Bonchev–Trinajstić information content (AvgIpc) is 3.06. The summed E-state index contributed by atoms with van der Waals surface area (Å²) in [6.07, 6.45) is -3.41. The number of hydrogen-bond donors (Lipinski definition) is 1. The van der Waals surface area contributed by atoms with Crippen molar-refractivity contribution < 1.29 is 39.5 Å². The van der Waals surface area contributed by atoms with Gasteiger partial charge in [0.15, 0.2) is 21.4 Å². The maximum absolute atomic E-state index is 14.4. The molecule has 1 N–H and O–H groups in total. The number of H-pyrrole nitrogens is 1. The molecule has 0 saturated carbocycles. The lowest BCUT2D eigenvalue weighted by Gasteiger charge is -2.24. The first kappa shape index (κ1) is 22.4. The number of aromatic nitrogens is 1. The lowest BCUT2D eigenvalue weighted by Crippen LogP contribution is -2.29. The maximum atomic E-state index is 14.4. The van der Waals surface area contributed by atoms with Crippen LogP contribution in [0.25, 0.3) is 0 Å². The van der Waals surface area contributed by atoms with Gasteiger partial charge in [-0.15, -0.1) is 0 Å². The summed E-state index contributed by atoms with van der Waals surface area (Å²) in [6, 6.07) is 0. The van der Waals surface area contributed by atoms with Crippen molar-refractivity contribution in [1.29, 1.82) is 0 Å². The highest BCUT2D eigenvalue weighted by atomic mass is 32.2. The van der Waals surface area contributed by atoms with Crippen LogP contribution in [0.2, 0.25) is 0 Å². The second kappa shape index (κ2) is 8.48. The van der Waals surface area contributed by atoms with Crippen molar-refractivity contribution in [3.05, 3.63) is 40.9 Å². The average molecular weight is 456 g/mol. The Bertz CT molecular complexity index is 1010. The molecule has 0 saturated heterocycles. The van der Waals surface area contributed by atoms with Crippen molar-refractivity contribution in [3.8, 4) is 0 Å². The maximum Gasteiger partial charge on any atom is 0.392 e. The number of aliphatic imine (C=N–C) groups is 1. The highest BCUT2D eigenvalue weighted by Gasteiger charge is 2.42. The third-order valence-electron chi connectivity index (χ3n) is 4.90. The molecule has 0 spiro atoms. The number of allylic oxidation sites excluding steroid dienone is 2. The Morgan fingerprint density at radius 3 is 2.67 bits per heavy atom. The molecule has 1 atom stereocenters. The molecule has 1 aliphatic carbocycles. The molecule has 1 aromatic rings. The van der Waals surface area contributed by atoms with Crippen LogP contribution in [0.4, 0.5) is 26.3 Å². The van der Waals surface area contributed by atoms with Gasteiger partial charge in [-0.3, -0.25) is 4.99 Å². The number of halogens is 6. The Morgan fingerprint density at radius 2 is 2.00 bits per heavy atom.